The number of rotatable bonds is 3. The second-order valence-corrected chi connectivity index (χ2v) is 4.83. The number of esters is 1. The molecule has 0 heterocycles. The number of carbonyl (C=O) groups is 2. The number of nitrogens with zero attached hydrogens (tertiary/aromatic N) is 1. The van der Waals surface area contributed by atoms with Crippen molar-refractivity contribution in [2.45, 2.75) is 20.0 Å². The third-order valence-electron chi connectivity index (χ3n) is 2.96. The van der Waals surface area contributed by atoms with Crippen LogP contribution in [-0.4, -0.2) is 18.0 Å². The molecule has 2 aromatic rings. The van der Waals surface area contributed by atoms with Gasteiger partial charge in [0, 0.05) is 18.3 Å². The smallest absolute Gasteiger partial charge is 0.307 e. The molecule has 4 heteroatoms. The summed E-state index contributed by atoms with van der Waals surface area (Å²) in [6, 6.07) is 18.5. The molecule has 116 valence electrons. The molecule has 0 aromatic heterocycles. The predicted octanol–water partition coefficient (Wildman–Crippen LogP) is 3.31. The topological polar surface area (TPSA) is 46.6 Å². The van der Waals surface area contributed by atoms with E-state index in [1.165, 1.54) is 11.8 Å². The van der Waals surface area contributed by atoms with Gasteiger partial charge in [-0.1, -0.05) is 36.4 Å². The molecule has 1 amide bonds. The third kappa shape index (κ3) is 4.72. The zero-order valence-corrected chi connectivity index (χ0v) is 13.0. The van der Waals surface area contributed by atoms with E-state index >= 15 is 0 Å². The Morgan fingerprint density at radius 1 is 0.957 bits per heavy atom. The Bertz CT molecular complexity index is 690. The standard InChI is InChI=1S/C19H17NO3/c1-15(23-16(2)21)13-14-19(22)20(17-9-5-3-6-10-17)18-11-7-4-8-12-18/h3-12,15H,1-2H3/t15-/m1/s1. The van der Waals surface area contributed by atoms with E-state index < -0.39 is 12.1 Å². The van der Waals surface area contributed by atoms with Gasteiger partial charge in [-0.3, -0.25) is 14.5 Å². The zero-order valence-electron chi connectivity index (χ0n) is 13.0. The molecule has 0 saturated heterocycles. The molecule has 0 N–H and O–H groups in total. The monoisotopic (exact) mass is 307 g/mol. The maximum absolute atomic E-state index is 12.5. The average molecular weight is 307 g/mol. The van der Waals surface area contributed by atoms with Gasteiger partial charge in [0.2, 0.25) is 0 Å². The van der Waals surface area contributed by atoms with E-state index in [2.05, 4.69) is 11.8 Å². The Morgan fingerprint density at radius 3 is 1.87 bits per heavy atom. The van der Waals surface area contributed by atoms with Gasteiger partial charge < -0.3 is 4.74 Å². The number of benzene rings is 2. The van der Waals surface area contributed by atoms with Crippen LogP contribution >= 0.6 is 0 Å². The number of ether oxygens (including phenoxy) is 1. The van der Waals surface area contributed by atoms with E-state index in [0.29, 0.717) is 0 Å². The minimum atomic E-state index is -0.634. The molecule has 2 aromatic carbocycles. The highest BCUT2D eigenvalue weighted by atomic mass is 16.5. The van der Waals surface area contributed by atoms with E-state index in [-0.39, 0.29) is 5.91 Å². The van der Waals surface area contributed by atoms with Gasteiger partial charge >= 0.3 is 11.9 Å². The van der Waals surface area contributed by atoms with Crippen LogP contribution in [0.5, 0.6) is 0 Å². The predicted molar refractivity (Wildman–Crippen MR) is 89.0 cm³/mol. The van der Waals surface area contributed by atoms with Crippen molar-refractivity contribution in [2.75, 3.05) is 4.90 Å². The first-order valence-corrected chi connectivity index (χ1v) is 7.21. The molecule has 0 spiro atoms. The van der Waals surface area contributed by atoms with Gasteiger partial charge in [0.1, 0.15) is 0 Å². The van der Waals surface area contributed by atoms with Gasteiger partial charge in [-0.2, -0.15) is 0 Å². The molecule has 0 aliphatic carbocycles. The van der Waals surface area contributed by atoms with Gasteiger partial charge in [0.25, 0.3) is 0 Å². The normalized spacial score (nSPS) is 10.9. The quantitative estimate of drug-likeness (QED) is 0.645. The van der Waals surface area contributed by atoms with Gasteiger partial charge in [-0.25, -0.2) is 0 Å². The summed E-state index contributed by atoms with van der Waals surface area (Å²) in [6.45, 7) is 2.93. The summed E-state index contributed by atoms with van der Waals surface area (Å²) in [5.74, 6) is 4.38. The molecule has 23 heavy (non-hydrogen) atoms. The lowest BCUT2D eigenvalue weighted by atomic mass is 10.2. The van der Waals surface area contributed by atoms with Gasteiger partial charge in [-0.05, 0) is 43.0 Å². The maximum atomic E-state index is 12.5. The maximum Gasteiger partial charge on any atom is 0.307 e. The van der Waals surface area contributed by atoms with E-state index in [1.807, 2.05) is 60.7 Å². The fourth-order valence-corrected chi connectivity index (χ4v) is 2.04. The average Bonchev–Trinajstić information content (AvgIpc) is 2.55. The molecule has 4 nitrogen and oxygen atoms in total. The summed E-state index contributed by atoms with van der Waals surface area (Å²) in [5.41, 5.74) is 1.44. The molecule has 0 saturated carbocycles. The Balaban J connectivity index is 2.30. The lowest BCUT2D eigenvalue weighted by molar-refractivity contribution is -0.143. The summed E-state index contributed by atoms with van der Waals surface area (Å²) in [4.78, 5) is 25.0. The van der Waals surface area contributed by atoms with Crippen molar-refractivity contribution < 1.29 is 14.3 Å². The molecule has 0 radical (unpaired) electrons. The van der Waals surface area contributed by atoms with E-state index in [9.17, 15) is 9.59 Å². The summed E-state index contributed by atoms with van der Waals surface area (Å²) < 4.78 is 4.91. The van der Waals surface area contributed by atoms with Crippen LogP contribution < -0.4 is 4.90 Å². The van der Waals surface area contributed by atoms with Gasteiger partial charge in [0.05, 0.1) is 0 Å². The van der Waals surface area contributed by atoms with Gasteiger partial charge in [-0.15, -0.1) is 0 Å². The van der Waals surface area contributed by atoms with Crippen molar-refractivity contribution in [1.29, 1.82) is 0 Å². The first kappa shape index (κ1) is 16.3. The molecule has 2 rings (SSSR count). The molecule has 0 aliphatic heterocycles. The van der Waals surface area contributed by atoms with Crippen LogP contribution in [-0.2, 0) is 14.3 Å². The largest absolute Gasteiger partial charge is 0.450 e. The highest BCUT2D eigenvalue weighted by Gasteiger charge is 2.15. The highest BCUT2D eigenvalue weighted by Crippen LogP contribution is 2.24. The molecule has 1 atom stereocenters. The number of para-hydroxylation sites is 2. The van der Waals surface area contributed by atoms with Crippen LogP contribution in [0.1, 0.15) is 13.8 Å². The summed E-state index contributed by atoms with van der Waals surface area (Å²) in [5, 5.41) is 0. The van der Waals surface area contributed by atoms with Crippen LogP contribution in [0.25, 0.3) is 0 Å². The van der Waals surface area contributed by atoms with Crippen LogP contribution in [0, 0.1) is 11.8 Å². The van der Waals surface area contributed by atoms with Crippen molar-refractivity contribution in [3.05, 3.63) is 60.7 Å². The van der Waals surface area contributed by atoms with Crippen molar-refractivity contribution in [2.24, 2.45) is 0 Å². The summed E-state index contributed by atoms with van der Waals surface area (Å²) in [7, 11) is 0. The fourth-order valence-electron chi connectivity index (χ4n) is 2.04. The molecule has 0 fully saturated rings. The SMILES string of the molecule is CC(=O)O[C@H](C)C#CC(=O)N(c1ccccc1)c1ccccc1. The molecular formula is C19H17NO3. The molecule has 0 aliphatic rings. The first-order chi connectivity index (χ1) is 11.1. The number of anilines is 2. The minimum absolute atomic E-state index is 0.388. The lowest BCUT2D eigenvalue weighted by Gasteiger charge is -2.20. The Kier molecular flexibility index (Phi) is 5.54. The molecular weight excluding hydrogens is 290 g/mol. The number of hydrogen-bond donors (Lipinski definition) is 0. The van der Waals surface area contributed by atoms with Gasteiger partial charge in [0.15, 0.2) is 6.10 Å². The fraction of sp³-hybridized carbons (Fsp3) is 0.158. The summed E-state index contributed by atoms with van der Waals surface area (Å²) >= 11 is 0. The second kappa shape index (κ2) is 7.81. The van der Waals surface area contributed by atoms with E-state index in [1.54, 1.807) is 6.92 Å². The van der Waals surface area contributed by atoms with Crippen molar-refractivity contribution in [1.82, 2.24) is 0 Å². The summed E-state index contributed by atoms with van der Waals surface area (Å²) in [6.07, 6.45) is -0.634. The van der Waals surface area contributed by atoms with Crippen molar-refractivity contribution >= 4 is 23.3 Å². The van der Waals surface area contributed by atoms with E-state index in [4.69, 9.17) is 4.74 Å². The Hall–Kier alpha value is -3.06. The third-order valence-corrected chi connectivity index (χ3v) is 2.96. The minimum Gasteiger partial charge on any atom is -0.450 e. The zero-order chi connectivity index (χ0) is 16.7. The number of carbonyl (C=O) groups excluding carboxylic acids is 2. The molecule has 0 bridgehead atoms. The first-order valence-electron chi connectivity index (χ1n) is 7.21. The van der Waals surface area contributed by atoms with Crippen molar-refractivity contribution in [3.63, 3.8) is 0 Å². The van der Waals surface area contributed by atoms with Crippen molar-refractivity contribution in [3.8, 4) is 11.8 Å². The lowest BCUT2D eigenvalue weighted by Crippen LogP contribution is -2.24. The highest BCUT2D eigenvalue weighted by molar-refractivity contribution is 6.10. The van der Waals surface area contributed by atoms with Crippen LogP contribution in [0.3, 0.4) is 0 Å². The number of amides is 1. The van der Waals surface area contributed by atoms with E-state index in [0.717, 1.165) is 11.4 Å². The number of hydrogen-bond acceptors (Lipinski definition) is 3. The van der Waals surface area contributed by atoms with Crippen LogP contribution in [0.15, 0.2) is 60.7 Å². The Morgan fingerprint density at radius 2 is 1.43 bits per heavy atom. The van der Waals surface area contributed by atoms with Crippen LogP contribution in [0.2, 0.25) is 0 Å². The Labute approximate surface area is 135 Å². The molecule has 0 unspecified atom stereocenters. The van der Waals surface area contributed by atoms with Crippen LogP contribution in [0.4, 0.5) is 11.4 Å². The second-order valence-electron chi connectivity index (χ2n) is 4.83.